The second-order valence-corrected chi connectivity index (χ2v) is 4.39. The number of carbonyl (C=O) groups excluding carboxylic acids is 2. The van der Waals surface area contributed by atoms with Gasteiger partial charge in [0.25, 0.3) is 0 Å². The summed E-state index contributed by atoms with van der Waals surface area (Å²) in [5.74, 6) is -0.277. The molecule has 0 spiro atoms. The molecule has 7 heteroatoms. The second kappa shape index (κ2) is 6.85. The Labute approximate surface area is 109 Å². The molecule has 0 aliphatic carbocycles. The molecule has 1 aromatic heterocycles. The summed E-state index contributed by atoms with van der Waals surface area (Å²) in [5.41, 5.74) is 6.15. The molecule has 0 bridgehead atoms. The molecule has 0 radical (unpaired) electrons. The van der Waals surface area contributed by atoms with E-state index in [0.717, 1.165) is 0 Å². The maximum Gasteiger partial charge on any atom is 0.340 e. The molecule has 1 aromatic rings. The van der Waals surface area contributed by atoms with E-state index in [0.29, 0.717) is 10.8 Å². The summed E-state index contributed by atoms with van der Waals surface area (Å²) in [6.07, 6.45) is 1.67. The Kier molecular flexibility index (Phi) is 5.44. The second-order valence-electron chi connectivity index (χ2n) is 3.28. The zero-order chi connectivity index (χ0) is 13.5. The molecular formula is C11H14N2O4S. The Morgan fingerprint density at radius 2 is 2.11 bits per heavy atom. The lowest BCUT2D eigenvalue weighted by Crippen LogP contribution is -2.07. The van der Waals surface area contributed by atoms with E-state index in [2.05, 4.69) is 14.5 Å². The minimum Gasteiger partial charge on any atom is -0.469 e. The molecular weight excluding hydrogens is 256 g/mol. The third-order valence-corrected chi connectivity index (χ3v) is 3.03. The number of nitrogens with zero attached hydrogens (tertiary/aromatic N) is 1. The lowest BCUT2D eigenvalue weighted by Gasteiger charge is -2.05. The van der Waals surface area contributed by atoms with Crippen molar-refractivity contribution in [2.24, 2.45) is 0 Å². The zero-order valence-corrected chi connectivity index (χ0v) is 11.0. The van der Waals surface area contributed by atoms with Gasteiger partial charge in [-0.15, -0.1) is 11.8 Å². The quantitative estimate of drug-likeness (QED) is 0.632. The monoisotopic (exact) mass is 270 g/mol. The summed E-state index contributed by atoms with van der Waals surface area (Å²) >= 11 is 1.34. The number of thioether (sulfide) groups is 1. The van der Waals surface area contributed by atoms with Crippen LogP contribution >= 0.6 is 11.8 Å². The van der Waals surface area contributed by atoms with Crippen molar-refractivity contribution in [3.63, 3.8) is 0 Å². The van der Waals surface area contributed by atoms with E-state index >= 15 is 0 Å². The van der Waals surface area contributed by atoms with Gasteiger partial charge in [-0.05, 0) is 6.07 Å². The standard InChI is InChI=1S/C11H14N2O4S/c1-16-10(14)3-4-18-9-5-7(11(15)17-2)8(12)6-13-9/h5-6H,3-4,12H2,1-2H3. The Bertz CT molecular complexity index is 451. The highest BCUT2D eigenvalue weighted by Gasteiger charge is 2.12. The van der Waals surface area contributed by atoms with E-state index < -0.39 is 5.97 Å². The molecule has 0 unspecified atom stereocenters. The Balaban J connectivity index is 2.67. The summed E-state index contributed by atoms with van der Waals surface area (Å²) in [6, 6.07) is 1.54. The molecule has 18 heavy (non-hydrogen) atoms. The first kappa shape index (κ1) is 14.3. The maximum absolute atomic E-state index is 11.4. The normalized spacial score (nSPS) is 9.89. The molecule has 1 heterocycles. The van der Waals surface area contributed by atoms with Crippen LogP contribution in [0.4, 0.5) is 5.69 Å². The highest BCUT2D eigenvalue weighted by molar-refractivity contribution is 7.99. The number of carbonyl (C=O) groups is 2. The summed E-state index contributed by atoms with van der Waals surface area (Å²) < 4.78 is 9.12. The van der Waals surface area contributed by atoms with Gasteiger partial charge >= 0.3 is 11.9 Å². The summed E-state index contributed by atoms with van der Waals surface area (Å²) in [7, 11) is 2.62. The zero-order valence-electron chi connectivity index (χ0n) is 10.1. The smallest absolute Gasteiger partial charge is 0.340 e. The summed E-state index contributed by atoms with van der Waals surface area (Å²) in [4.78, 5) is 26.4. The van der Waals surface area contributed by atoms with E-state index in [-0.39, 0.29) is 23.6 Å². The van der Waals surface area contributed by atoms with Gasteiger partial charge in [0.1, 0.15) is 0 Å². The molecule has 0 saturated carbocycles. The number of methoxy groups -OCH3 is 2. The molecule has 0 fully saturated rings. The van der Waals surface area contributed by atoms with E-state index in [1.54, 1.807) is 6.07 Å². The number of aromatic nitrogens is 1. The largest absolute Gasteiger partial charge is 0.469 e. The molecule has 98 valence electrons. The number of pyridine rings is 1. The van der Waals surface area contributed by atoms with Gasteiger partial charge in [0.2, 0.25) is 0 Å². The minimum atomic E-state index is -0.510. The van der Waals surface area contributed by atoms with E-state index in [9.17, 15) is 9.59 Å². The van der Waals surface area contributed by atoms with Crippen molar-refractivity contribution in [1.29, 1.82) is 0 Å². The first-order valence-corrected chi connectivity index (χ1v) is 6.10. The van der Waals surface area contributed by atoms with Crippen LogP contribution in [0, 0.1) is 0 Å². The Morgan fingerprint density at radius 1 is 1.39 bits per heavy atom. The van der Waals surface area contributed by atoms with Crippen molar-refractivity contribution in [2.45, 2.75) is 11.4 Å². The van der Waals surface area contributed by atoms with Crippen molar-refractivity contribution in [3.8, 4) is 0 Å². The van der Waals surface area contributed by atoms with Crippen LogP contribution in [0.5, 0.6) is 0 Å². The average Bonchev–Trinajstić information content (AvgIpc) is 2.39. The van der Waals surface area contributed by atoms with Crippen molar-refractivity contribution in [2.75, 3.05) is 25.7 Å². The number of anilines is 1. The van der Waals surface area contributed by atoms with Crippen LogP contribution in [-0.4, -0.2) is 36.9 Å². The topological polar surface area (TPSA) is 91.5 Å². The van der Waals surface area contributed by atoms with Crippen molar-refractivity contribution < 1.29 is 19.1 Å². The number of nitrogen functional groups attached to an aromatic ring is 1. The molecule has 2 N–H and O–H groups in total. The molecule has 6 nitrogen and oxygen atoms in total. The first-order chi connectivity index (χ1) is 8.58. The average molecular weight is 270 g/mol. The van der Waals surface area contributed by atoms with Gasteiger partial charge < -0.3 is 15.2 Å². The highest BCUT2D eigenvalue weighted by Crippen LogP contribution is 2.21. The van der Waals surface area contributed by atoms with E-state index in [1.807, 2.05) is 0 Å². The number of nitrogens with two attached hydrogens (primary N) is 1. The summed E-state index contributed by atoms with van der Waals surface area (Å²) in [5, 5.41) is 0.605. The summed E-state index contributed by atoms with van der Waals surface area (Å²) in [6.45, 7) is 0. The molecule has 0 saturated heterocycles. The highest BCUT2D eigenvalue weighted by atomic mass is 32.2. The third-order valence-electron chi connectivity index (χ3n) is 2.10. The number of esters is 2. The van der Waals surface area contributed by atoms with Crippen molar-refractivity contribution >= 4 is 29.4 Å². The van der Waals surface area contributed by atoms with Gasteiger partial charge in [-0.3, -0.25) is 4.79 Å². The van der Waals surface area contributed by atoms with Crippen LogP contribution in [0.15, 0.2) is 17.3 Å². The number of rotatable bonds is 5. The fourth-order valence-corrected chi connectivity index (χ4v) is 1.96. The van der Waals surface area contributed by atoms with E-state index in [4.69, 9.17) is 5.73 Å². The maximum atomic E-state index is 11.4. The molecule has 0 aliphatic rings. The molecule has 0 atom stereocenters. The minimum absolute atomic E-state index is 0.263. The van der Waals surface area contributed by atoms with E-state index in [1.165, 1.54) is 32.2 Å². The number of hydrogen-bond donors (Lipinski definition) is 1. The lowest BCUT2D eigenvalue weighted by atomic mass is 10.2. The fourth-order valence-electron chi connectivity index (χ4n) is 1.15. The Hall–Kier alpha value is -1.76. The van der Waals surface area contributed by atoms with Gasteiger partial charge in [-0.2, -0.15) is 0 Å². The van der Waals surface area contributed by atoms with Gasteiger partial charge in [0.05, 0.1) is 43.1 Å². The third kappa shape index (κ3) is 3.92. The Morgan fingerprint density at radius 3 is 2.72 bits per heavy atom. The van der Waals surface area contributed by atoms with Gasteiger partial charge in [-0.1, -0.05) is 0 Å². The van der Waals surface area contributed by atoms with Crippen LogP contribution < -0.4 is 5.73 Å². The van der Waals surface area contributed by atoms with Crippen LogP contribution in [0.3, 0.4) is 0 Å². The van der Waals surface area contributed by atoms with Gasteiger partial charge in [0.15, 0.2) is 0 Å². The van der Waals surface area contributed by atoms with Gasteiger partial charge in [-0.25, -0.2) is 9.78 Å². The molecule has 0 amide bonds. The van der Waals surface area contributed by atoms with Crippen LogP contribution in [0.1, 0.15) is 16.8 Å². The predicted octanol–water partition coefficient (Wildman–Crippen LogP) is 1.11. The molecule has 0 aliphatic heterocycles. The van der Waals surface area contributed by atoms with Crippen LogP contribution in [0.2, 0.25) is 0 Å². The van der Waals surface area contributed by atoms with Crippen molar-refractivity contribution in [1.82, 2.24) is 4.98 Å². The lowest BCUT2D eigenvalue weighted by molar-refractivity contribution is -0.140. The number of ether oxygens (including phenoxy) is 2. The van der Waals surface area contributed by atoms with Gasteiger partial charge in [0, 0.05) is 5.75 Å². The van der Waals surface area contributed by atoms with Crippen LogP contribution in [0.25, 0.3) is 0 Å². The van der Waals surface area contributed by atoms with Crippen molar-refractivity contribution in [3.05, 3.63) is 17.8 Å². The number of hydrogen-bond acceptors (Lipinski definition) is 7. The predicted molar refractivity (Wildman–Crippen MR) is 67.3 cm³/mol. The molecule has 1 rings (SSSR count). The SMILES string of the molecule is COC(=O)CCSc1cc(C(=O)OC)c(N)cn1. The van der Waals surface area contributed by atoms with Crippen LogP contribution in [-0.2, 0) is 14.3 Å². The fraction of sp³-hybridized carbons (Fsp3) is 0.364. The first-order valence-electron chi connectivity index (χ1n) is 5.12. The molecule has 0 aromatic carbocycles.